The van der Waals surface area contributed by atoms with Crippen LogP contribution in [0.5, 0.6) is 11.5 Å². The average molecular weight is 354 g/mol. The topological polar surface area (TPSA) is 53.0 Å². The number of hydrogen-bond acceptors (Lipinski definition) is 4. The zero-order valence-electron chi connectivity index (χ0n) is 15.0. The van der Waals surface area contributed by atoms with Gasteiger partial charge in [-0.1, -0.05) is 36.4 Å². The van der Waals surface area contributed by atoms with Gasteiger partial charge in [-0.25, -0.2) is 0 Å². The lowest BCUT2D eigenvalue weighted by atomic mass is 10.1. The summed E-state index contributed by atoms with van der Waals surface area (Å²) in [6.45, 7) is 4.79. The van der Waals surface area contributed by atoms with Crippen LogP contribution < -0.4 is 4.74 Å². The number of aryl methyl sites for hydroxylation is 1. The first-order chi connectivity index (χ1) is 12.7. The molecule has 1 saturated heterocycles. The number of para-hydroxylation sites is 2. The molecule has 0 aromatic heterocycles. The highest BCUT2D eigenvalue weighted by atomic mass is 16.5. The van der Waals surface area contributed by atoms with Gasteiger partial charge in [-0.3, -0.25) is 9.69 Å². The van der Waals surface area contributed by atoms with Crippen LogP contribution in [-0.4, -0.2) is 60.1 Å². The highest BCUT2D eigenvalue weighted by Crippen LogP contribution is 2.18. The van der Waals surface area contributed by atoms with Gasteiger partial charge >= 0.3 is 0 Å². The summed E-state index contributed by atoms with van der Waals surface area (Å²) in [7, 11) is 0. The Kier molecular flexibility index (Phi) is 6.50. The number of phenols is 1. The van der Waals surface area contributed by atoms with Crippen molar-refractivity contribution in [1.82, 2.24) is 9.80 Å². The third kappa shape index (κ3) is 5.23. The quantitative estimate of drug-likeness (QED) is 0.830. The summed E-state index contributed by atoms with van der Waals surface area (Å²) in [6, 6.07) is 17.0. The summed E-state index contributed by atoms with van der Waals surface area (Å²) in [6.07, 6.45) is 1.02. The molecule has 138 valence electrons. The highest BCUT2D eigenvalue weighted by molar-refractivity contribution is 5.76. The Morgan fingerprint density at radius 1 is 0.962 bits per heavy atom. The number of phenolic OH excluding ortho intramolecular Hbond substituents is 1. The summed E-state index contributed by atoms with van der Waals surface area (Å²) in [4.78, 5) is 16.6. The van der Waals surface area contributed by atoms with Crippen molar-refractivity contribution in [3.8, 4) is 11.5 Å². The predicted molar refractivity (Wildman–Crippen MR) is 101 cm³/mol. The van der Waals surface area contributed by atoms with E-state index in [1.807, 2.05) is 47.4 Å². The molecule has 0 radical (unpaired) electrons. The molecule has 1 fully saturated rings. The van der Waals surface area contributed by atoms with Gasteiger partial charge in [-0.2, -0.15) is 0 Å². The maximum atomic E-state index is 12.4. The maximum Gasteiger partial charge on any atom is 0.222 e. The molecule has 0 bridgehead atoms. The maximum absolute atomic E-state index is 12.4. The fourth-order valence-corrected chi connectivity index (χ4v) is 3.15. The van der Waals surface area contributed by atoms with Crippen molar-refractivity contribution < 1.29 is 14.6 Å². The van der Waals surface area contributed by atoms with E-state index in [0.29, 0.717) is 19.4 Å². The standard InChI is InChI=1S/C21H26N2O3/c24-20-9-5-4-6-18(20)10-11-21(25)23-14-12-22(13-15-23)16-17-26-19-7-2-1-3-8-19/h1-9,24H,10-17H2. The first-order valence-corrected chi connectivity index (χ1v) is 9.17. The van der Waals surface area contributed by atoms with Crippen molar-refractivity contribution in [3.05, 3.63) is 60.2 Å². The van der Waals surface area contributed by atoms with Crippen LogP contribution in [0.2, 0.25) is 0 Å². The first-order valence-electron chi connectivity index (χ1n) is 9.17. The SMILES string of the molecule is O=C(CCc1ccccc1O)N1CCN(CCOc2ccccc2)CC1. The Hall–Kier alpha value is -2.53. The zero-order valence-corrected chi connectivity index (χ0v) is 15.0. The van der Waals surface area contributed by atoms with Crippen LogP contribution in [0.3, 0.4) is 0 Å². The summed E-state index contributed by atoms with van der Waals surface area (Å²) in [5, 5.41) is 9.79. The number of carbonyl (C=O) groups is 1. The van der Waals surface area contributed by atoms with E-state index in [4.69, 9.17) is 4.74 Å². The van der Waals surface area contributed by atoms with Crippen LogP contribution in [0.15, 0.2) is 54.6 Å². The second-order valence-electron chi connectivity index (χ2n) is 6.51. The summed E-state index contributed by atoms with van der Waals surface area (Å²) in [5.41, 5.74) is 0.831. The van der Waals surface area contributed by atoms with E-state index in [2.05, 4.69) is 4.90 Å². The number of ether oxygens (including phenoxy) is 1. The lowest BCUT2D eigenvalue weighted by Crippen LogP contribution is -2.49. The van der Waals surface area contributed by atoms with E-state index in [0.717, 1.165) is 44.0 Å². The number of aromatic hydroxyl groups is 1. The van der Waals surface area contributed by atoms with Gasteiger partial charge in [0.05, 0.1) is 0 Å². The minimum Gasteiger partial charge on any atom is -0.508 e. The molecule has 2 aromatic carbocycles. The lowest BCUT2D eigenvalue weighted by molar-refractivity contribution is -0.132. The molecule has 1 amide bonds. The molecule has 26 heavy (non-hydrogen) atoms. The van der Waals surface area contributed by atoms with Gasteiger partial charge in [0.25, 0.3) is 0 Å². The molecular weight excluding hydrogens is 328 g/mol. The van der Waals surface area contributed by atoms with Crippen molar-refractivity contribution >= 4 is 5.91 Å². The minimum atomic E-state index is 0.161. The Bertz CT molecular complexity index is 697. The zero-order chi connectivity index (χ0) is 18.2. The van der Waals surface area contributed by atoms with Crippen molar-refractivity contribution in [2.45, 2.75) is 12.8 Å². The number of hydrogen-bond donors (Lipinski definition) is 1. The normalized spacial score (nSPS) is 15.0. The van der Waals surface area contributed by atoms with Crippen LogP contribution in [0.1, 0.15) is 12.0 Å². The molecule has 0 atom stereocenters. The van der Waals surface area contributed by atoms with Gasteiger partial charge in [0.15, 0.2) is 0 Å². The number of nitrogens with zero attached hydrogens (tertiary/aromatic N) is 2. The third-order valence-corrected chi connectivity index (χ3v) is 4.74. The molecule has 5 nitrogen and oxygen atoms in total. The van der Waals surface area contributed by atoms with E-state index in [1.165, 1.54) is 0 Å². The molecule has 5 heteroatoms. The van der Waals surface area contributed by atoms with E-state index < -0.39 is 0 Å². The van der Waals surface area contributed by atoms with Crippen LogP contribution in [0, 0.1) is 0 Å². The summed E-state index contributed by atoms with van der Waals surface area (Å²) < 4.78 is 5.74. The molecule has 1 N–H and O–H groups in total. The first kappa shape index (κ1) is 18.3. The van der Waals surface area contributed by atoms with Crippen molar-refractivity contribution in [1.29, 1.82) is 0 Å². The molecule has 1 heterocycles. The van der Waals surface area contributed by atoms with Crippen LogP contribution in [0.4, 0.5) is 0 Å². The average Bonchev–Trinajstić information content (AvgIpc) is 2.68. The fourth-order valence-electron chi connectivity index (χ4n) is 3.15. The van der Waals surface area contributed by atoms with Crippen LogP contribution >= 0.6 is 0 Å². The number of carbonyl (C=O) groups excluding carboxylic acids is 1. The number of rotatable bonds is 7. The predicted octanol–water partition coefficient (Wildman–Crippen LogP) is 2.55. The molecule has 1 aliphatic heterocycles. The second-order valence-corrected chi connectivity index (χ2v) is 6.51. The second kappa shape index (κ2) is 9.25. The molecule has 0 saturated carbocycles. The Labute approximate surface area is 154 Å². The monoisotopic (exact) mass is 354 g/mol. The Morgan fingerprint density at radius 3 is 2.38 bits per heavy atom. The van der Waals surface area contributed by atoms with E-state index in [1.54, 1.807) is 12.1 Å². The fraction of sp³-hybridized carbons (Fsp3) is 0.381. The largest absolute Gasteiger partial charge is 0.508 e. The van der Waals surface area contributed by atoms with Crippen molar-refractivity contribution in [2.24, 2.45) is 0 Å². The van der Waals surface area contributed by atoms with Gasteiger partial charge in [0.1, 0.15) is 18.1 Å². The molecule has 3 rings (SSSR count). The Morgan fingerprint density at radius 2 is 1.65 bits per heavy atom. The van der Waals surface area contributed by atoms with E-state index in [9.17, 15) is 9.90 Å². The summed E-state index contributed by atoms with van der Waals surface area (Å²) >= 11 is 0. The van der Waals surface area contributed by atoms with Gasteiger partial charge in [-0.05, 0) is 30.2 Å². The van der Waals surface area contributed by atoms with Crippen LogP contribution in [0.25, 0.3) is 0 Å². The molecule has 0 aliphatic carbocycles. The van der Waals surface area contributed by atoms with Crippen molar-refractivity contribution in [3.63, 3.8) is 0 Å². The molecule has 2 aromatic rings. The smallest absolute Gasteiger partial charge is 0.222 e. The van der Waals surface area contributed by atoms with E-state index >= 15 is 0 Å². The minimum absolute atomic E-state index is 0.161. The highest BCUT2D eigenvalue weighted by Gasteiger charge is 2.20. The summed E-state index contributed by atoms with van der Waals surface area (Å²) in [5.74, 6) is 1.32. The number of benzene rings is 2. The van der Waals surface area contributed by atoms with E-state index in [-0.39, 0.29) is 11.7 Å². The van der Waals surface area contributed by atoms with Gasteiger partial charge in [0, 0.05) is 39.1 Å². The number of piperazine rings is 1. The van der Waals surface area contributed by atoms with Gasteiger partial charge in [0.2, 0.25) is 5.91 Å². The number of amides is 1. The molecular formula is C21H26N2O3. The lowest BCUT2D eigenvalue weighted by Gasteiger charge is -2.34. The molecule has 0 unspecified atom stereocenters. The molecule has 0 spiro atoms. The van der Waals surface area contributed by atoms with Gasteiger partial charge in [-0.15, -0.1) is 0 Å². The van der Waals surface area contributed by atoms with Crippen LogP contribution in [-0.2, 0) is 11.2 Å². The Balaban J connectivity index is 1.35. The third-order valence-electron chi connectivity index (χ3n) is 4.74. The van der Waals surface area contributed by atoms with Crippen molar-refractivity contribution in [2.75, 3.05) is 39.3 Å². The molecule has 1 aliphatic rings. The van der Waals surface area contributed by atoms with Gasteiger partial charge < -0.3 is 14.7 Å².